The molecule has 7 nitrogen and oxygen atoms in total. The van der Waals surface area contributed by atoms with Crippen LogP contribution in [-0.2, 0) is 0 Å². The van der Waals surface area contributed by atoms with Crippen LogP contribution >= 0.6 is 0 Å². The zero-order chi connectivity index (χ0) is 11.8. The third-order valence-electron chi connectivity index (χ3n) is 2.00. The fourth-order valence-electron chi connectivity index (χ4n) is 1.04. The van der Waals surface area contributed by atoms with E-state index in [0.29, 0.717) is 13.1 Å². The zero-order valence-electron chi connectivity index (χ0n) is 8.45. The van der Waals surface area contributed by atoms with E-state index in [1.54, 1.807) is 0 Å². The molecule has 0 aromatic rings. The summed E-state index contributed by atoms with van der Waals surface area (Å²) in [5, 5.41) is 48.2. The molecule has 0 aliphatic rings. The topological polar surface area (TPSA) is 139 Å². The lowest BCUT2D eigenvalue weighted by molar-refractivity contribution is -0.113. The predicted octanol–water partition coefficient (Wildman–Crippen LogP) is -4.03. The molecule has 0 fully saturated rings. The van der Waals surface area contributed by atoms with E-state index in [1.807, 2.05) is 0 Å². The van der Waals surface area contributed by atoms with Gasteiger partial charge in [0, 0.05) is 19.6 Å². The minimum atomic E-state index is -1.58. The summed E-state index contributed by atoms with van der Waals surface area (Å²) in [6, 6.07) is 0. The molecule has 0 saturated carbocycles. The summed E-state index contributed by atoms with van der Waals surface area (Å²) in [7, 11) is 0. The highest BCUT2D eigenvalue weighted by Crippen LogP contribution is 2.04. The largest absolute Gasteiger partial charge is 0.394 e. The lowest BCUT2D eigenvalue weighted by atomic mass is 10.0. The first kappa shape index (κ1) is 14.7. The van der Waals surface area contributed by atoms with E-state index in [2.05, 4.69) is 5.32 Å². The van der Waals surface area contributed by atoms with E-state index in [4.69, 9.17) is 15.9 Å². The summed E-state index contributed by atoms with van der Waals surface area (Å²) in [6.07, 6.45) is -5.79. The van der Waals surface area contributed by atoms with Crippen molar-refractivity contribution in [3.05, 3.63) is 0 Å². The second kappa shape index (κ2) is 7.94. The number of hydrogen-bond acceptors (Lipinski definition) is 7. The van der Waals surface area contributed by atoms with Crippen molar-refractivity contribution in [2.24, 2.45) is 5.73 Å². The van der Waals surface area contributed by atoms with Gasteiger partial charge in [-0.2, -0.15) is 0 Å². The highest BCUT2D eigenvalue weighted by atomic mass is 16.4. The third kappa shape index (κ3) is 5.38. The van der Waals surface area contributed by atoms with Crippen LogP contribution in [0.1, 0.15) is 0 Å². The molecule has 8 N–H and O–H groups in total. The van der Waals surface area contributed by atoms with Gasteiger partial charge in [0.25, 0.3) is 0 Å². The van der Waals surface area contributed by atoms with Crippen molar-refractivity contribution in [1.29, 1.82) is 0 Å². The molecule has 0 aromatic heterocycles. The maximum atomic E-state index is 9.35. The van der Waals surface area contributed by atoms with Crippen molar-refractivity contribution < 1.29 is 25.5 Å². The SMILES string of the molecule is NCCNC[C@H](O)[C@@H](O)[C@@H](O)[C@H](O)CO. The van der Waals surface area contributed by atoms with Crippen LogP contribution in [0.3, 0.4) is 0 Å². The monoisotopic (exact) mass is 224 g/mol. The van der Waals surface area contributed by atoms with Gasteiger partial charge >= 0.3 is 0 Å². The van der Waals surface area contributed by atoms with Crippen molar-refractivity contribution in [3.63, 3.8) is 0 Å². The minimum Gasteiger partial charge on any atom is -0.394 e. The number of aliphatic hydroxyl groups is 5. The third-order valence-corrected chi connectivity index (χ3v) is 2.00. The molecule has 92 valence electrons. The summed E-state index contributed by atoms with van der Waals surface area (Å²) in [6.45, 7) is 0.238. The van der Waals surface area contributed by atoms with Crippen LogP contribution in [0.25, 0.3) is 0 Å². The Morgan fingerprint density at radius 2 is 1.53 bits per heavy atom. The molecule has 15 heavy (non-hydrogen) atoms. The summed E-state index contributed by atoms with van der Waals surface area (Å²) in [5.74, 6) is 0. The average molecular weight is 224 g/mol. The van der Waals surface area contributed by atoms with Crippen molar-refractivity contribution in [2.75, 3.05) is 26.2 Å². The Hall–Kier alpha value is -0.280. The maximum Gasteiger partial charge on any atom is 0.111 e. The first-order valence-electron chi connectivity index (χ1n) is 4.78. The van der Waals surface area contributed by atoms with Gasteiger partial charge in [-0.3, -0.25) is 0 Å². The Balaban J connectivity index is 3.90. The Morgan fingerprint density at radius 1 is 1.00 bits per heavy atom. The fraction of sp³-hybridized carbons (Fsp3) is 1.00. The summed E-state index contributed by atoms with van der Waals surface area (Å²) < 4.78 is 0. The van der Waals surface area contributed by atoms with Gasteiger partial charge in [0.2, 0.25) is 0 Å². The van der Waals surface area contributed by atoms with Gasteiger partial charge in [0.05, 0.1) is 12.7 Å². The van der Waals surface area contributed by atoms with Crippen molar-refractivity contribution in [3.8, 4) is 0 Å². The zero-order valence-corrected chi connectivity index (χ0v) is 8.45. The molecule has 0 aromatic carbocycles. The molecule has 0 rings (SSSR count). The van der Waals surface area contributed by atoms with Crippen LogP contribution in [-0.4, -0.2) is 76.2 Å². The van der Waals surface area contributed by atoms with Crippen LogP contribution in [0.15, 0.2) is 0 Å². The van der Waals surface area contributed by atoms with Gasteiger partial charge in [-0.05, 0) is 0 Å². The molecular weight excluding hydrogens is 204 g/mol. The number of nitrogens with two attached hydrogens (primary N) is 1. The maximum absolute atomic E-state index is 9.35. The highest BCUT2D eigenvalue weighted by Gasteiger charge is 2.29. The molecule has 0 saturated heterocycles. The van der Waals surface area contributed by atoms with E-state index < -0.39 is 31.0 Å². The normalized spacial score (nSPS) is 19.6. The van der Waals surface area contributed by atoms with E-state index in [-0.39, 0.29) is 6.54 Å². The first-order valence-corrected chi connectivity index (χ1v) is 4.78. The Labute approximate surface area is 88.2 Å². The van der Waals surface area contributed by atoms with Crippen LogP contribution in [0, 0.1) is 0 Å². The Kier molecular flexibility index (Phi) is 7.79. The van der Waals surface area contributed by atoms with Gasteiger partial charge in [-0.1, -0.05) is 0 Å². The minimum absolute atomic E-state index is 0.0492. The van der Waals surface area contributed by atoms with E-state index in [9.17, 15) is 15.3 Å². The standard InChI is InChI=1S/C8H20N2O5/c9-1-2-10-3-5(12)7(14)8(15)6(13)4-11/h5-8,10-15H,1-4,9H2/t5-,6+,7+,8-/m0/s1. The van der Waals surface area contributed by atoms with Gasteiger partial charge in [0.15, 0.2) is 0 Å². The Bertz CT molecular complexity index is 160. The van der Waals surface area contributed by atoms with Gasteiger partial charge < -0.3 is 36.6 Å². The molecule has 0 aliphatic carbocycles. The Morgan fingerprint density at radius 3 is 2.00 bits per heavy atom. The number of rotatable bonds is 8. The molecular formula is C8H20N2O5. The smallest absolute Gasteiger partial charge is 0.111 e. The van der Waals surface area contributed by atoms with Crippen molar-refractivity contribution >= 4 is 0 Å². The van der Waals surface area contributed by atoms with Crippen LogP contribution < -0.4 is 11.1 Å². The lowest BCUT2D eigenvalue weighted by Crippen LogP contribution is -2.49. The second-order valence-corrected chi connectivity index (χ2v) is 3.29. The summed E-state index contributed by atoms with van der Waals surface area (Å²) >= 11 is 0. The van der Waals surface area contributed by atoms with Gasteiger partial charge in [-0.15, -0.1) is 0 Å². The summed E-state index contributed by atoms with van der Waals surface area (Å²) in [5.41, 5.74) is 5.19. The molecule has 0 spiro atoms. The molecule has 0 radical (unpaired) electrons. The second-order valence-electron chi connectivity index (χ2n) is 3.29. The average Bonchev–Trinajstić information content (AvgIpc) is 2.26. The molecule has 7 heteroatoms. The molecule has 0 aliphatic heterocycles. The van der Waals surface area contributed by atoms with Crippen LogP contribution in [0.2, 0.25) is 0 Å². The van der Waals surface area contributed by atoms with Crippen LogP contribution in [0.4, 0.5) is 0 Å². The molecule has 0 bridgehead atoms. The highest BCUT2D eigenvalue weighted by molar-refractivity contribution is 4.81. The number of hydrogen-bond donors (Lipinski definition) is 7. The predicted molar refractivity (Wildman–Crippen MR) is 53.0 cm³/mol. The molecule has 4 atom stereocenters. The summed E-state index contributed by atoms with van der Waals surface area (Å²) in [4.78, 5) is 0. The lowest BCUT2D eigenvalue weighted by Gasteiger charge is -2.25. The first-order chi connectivity index (χ1) is 7.04. The number of nitrogens with one attached hydrogen (secondary N) is 1. The number of aliphatic hydroxyl groups excluding tert-OH is 5. The quantitative estimate of drug-likeness (QED) is 0.208. The van der Waals surface area contributed by atoms with Crippen molar-refractivity contribution in [2.45, 2.75) is 24.4 Å². The molecule has 0 heterocycles. The van der Waals surface area contributed by atoms with E-state index in [0.717, 1.165) is 0 Å². The molecule has 0 amide bonds. The van der Waals surface area contributed by atoms with Gasteiger partial charge in [0.1, 0.15) is 18.3 Å². The fourth-order valence-corrected chi connectivity index (χ4v) is 1.04. The van der Waals surface area contributed by atoms with E-state index in [1.165, 1.54) is 0 Å². The van der Waals surface area contributed by atoms with E-state index >= 15 is 0 Å². The molecule has 0 unspecified atom stereocenters. The van der Waals surface area contributed by atoms with Gasteiger partial charge in [-0.25, -0.2) is 0 Å². The van der Waals surface area contributed by atoms with Crippen LogP contribution in [0.5, 0.6) is 0 Å². The van der Waals surface area contributed by atoms with Crippen molar-refractivity contribution in [1.82, 2.24) is 5.32 Å².